The minimum absolute atomic E-state index is 0.0937. The van der Waals surface area contributed by atoms with Crippen molar-refractivity contribution in [1.29, 1.82) is 0 Å². The maximum atomic E-state index is 10.3. The summed E-state index contributed by atoms with van der Waals surface area (Å²) >= 11 is 0. The predicted octanol–water partition coefficient (Wildman–Crippen LogP) is 2.53. The van der Waals surface area contributed by atoms with Crippen molar-refractivity contribution in [2.75, 3.05) is 17.6 Å². The molecular formula is C21H28N6O. The summed E-state index contributed by atoms with van der Waals surface area (Å²) in [5.74, 6) is 0.813. The highest BCUT2D eigenvalue weighted by molar-refractivity contribution is 5.85. The third kappa shape index (κ3) is 3.53. The zero-order valence-corrected chi connectivity index (χ0v) is 15.9. The average Bonchev–Trinajstić information content (AvgIpc) is 3.33. The van der Waals surface area contributed by atoms with E-state index in [9.17, 15) is 5.11 Å². The first-order chi connectivity index (χ1) is 13.5. The van der Waals surface area contributed by atoms with Crippen LogP contribution in [0, 0.1) is 0 Å². The summed E-state index contributed by atoms with van der Waals surface area (Å²) in [6.45, 7) is 1.03. The Labute approximate surface area is 164 Å². The lowest BCUT2D eigenvalue weighted by Gasteiger charge is -2.32. The number of rotatable bonds is 5. The van der Waals surface area contributed by atoms with Crippen LogP contribution in [0.5, 0.6) is 5.75 Å². The summed E-state index contributed by atoms with van der Waals surface area (Å²) < 4.78 is 2.17. The van der Waals surface area contributed by atoms with Crippen molar-refractivity contribution in [3.63, 3.8) is 0 Å². The second-order valence-electron chi connectivity index (χ2n) is 7.75. The molecule has 1 unspecified atom stereocenters. The largest absolute Gasteiger partial charge is 0.507 e. The van der Waals surface area contributed by atoms with Gasteiger partial charge in [0.1, 0.15) is 11.6 Å². The number of anilines is 2. The molecule has 2 fully saturated rings. The Balaban J connectivity index is 1.55. The standard InChI is InChI=1S/C21H28N6O/c22-7-9-25-15-1-2-17(19(28)12-15)18(23)11-14-4-10-27(20(14)24)16-3-8-26-21(13-16)5-6-21/h1-2,4,7,9-12,16,25-26,28H,3,5-6,8,13,22-24H2/b9-7-,18-11-. The molecule has 1 atom stereocenters. The van der Waals surface area contributed by atoms with E-state index in [-0.39, 0.29) is 5.75 Å². The summed E-state index contributed by atoms with van der Waals surface area (Å²) in [6, 6.07) is 7.61. The van der Waals surface area contributed by atoms with Crippen LogP contribution < -0.4 is 27.8 Å². The normalized spacial score (nSPS) is 21.3. The Morgan fingerprint density at radius 2 is 2.14 bits per heavy atom. The minimum Gasteiger partial charge on any atom is -0.507 e. The molecule has 2 aromatic rings. The quantitative estimate of drug-likeness (QED) is 0.473. The first kappa shape index (κ1) is 18.3. The van der Waals surface area contributed by atoms with E-state index < -0.39 is 0 Å². The maximum absolute atomic E-state index is 10.3. The number of aromatic hydroxyl groups is 1. The zero-order chi connectivity index (χ0) is 19.7. The van der Waals surface area contributed by atoms with Crippen molar-refractivity contribution in [2.45, 2.75) is 37.3 Å². The minimum atomic E-state index is 0.0937. The van der Waals surface area contributed by atoms with Gasteiger partial charge in [0.25, 0.3) is 0 Å². The monoisotopic (exact) mass is 380 g/mol. The van der Waals surface area contributed by atoms with Gasteiger partial charge in [-0.25, -0.2) is 0 Å². The van der Waals surface area contributed by atoms with E-state index >= 15 is 0 Å². The van der Waals surface area contributed by atoms with Gasteiger partial charge in [0, 0.05) is 58.8 Å². The highest BCUT2D eigenvalue weighted by Crippen LogP contribution is 2.46. The first-order valence-corrected chi connectivity index (χ1v) is 9.66. The van der Waals surface area contributed by atoms with E-state index in [0.717, 1.165) is 36.5 Å². The molecular weight excluding hydrogens is 352 g/mol. The molecule has 0 amide bonds. The number of phenols is 1. The summed E-state index contributed by atoms with van der Waals surface area (Å²) in [7, 11) is 0. The molecule has 1 spiro atoms. The summed E-state index contributed by atoms with van der Waals surface area (Å²) in [5.41, 5.74) is 21.0. The van der Waals surface area contributed by atoms with Gasteiger partial charge in [0.15, 0.2) is 0 Å². The van der Waals surface area contributed by atoms with Crippen molar-refractivity contribution in [3.8, 4) is 5.75 Å². The fraction of sp³-hybridized carbons (Fsp3) is 0.333. The topological polar surface area (TPSA) is 127 Å². The van der Waals surface area contributed by atoms with Crippen molar-refractivity contribution >= 4 is 23.3 Å². The molecule has 4 rings (SSSR count). The molecule has 28 heavy (non-hydrogen) atoms. The zero-order valence-electron chi connectivity index (χ0n) is 15.9. The third-order valence-corrected chi connectivity index (χ3v) is 5.81. The Morgan fingerprint density at radius 1 is 1.32 bits per heavy atom. The Hall–Kier alpha value is -3.06. The number of hydrogen-bond acceptors (Lipinski definition) is 6. The number of nitrogens with zero attached hydrogens (tertiary/aromatic N) is 1. The van der Waals surface area contributed by atoms with E-state index in [1.54, 1.807) is 18.3 Å². The number of phenolic OH excluding ortho intramolecular Hbond substituents is 1. The molecule has 1 aromatic heterocycles. The lowest BCUT2D eigenvalue weighted by molar-refractivity contribution is 0.289. The van der Waals surface area contributed by atoms with Crippen LogP contribution in [-0.4, -0.2) is 21.8 Å². The van der Waals surface area contributed by atoms with Crippen molar-refractivity contribution in [2.24, 2.45) is 11.5 Å². The molecule has 2 aliphatic rings. The first-order valence-electron chi connectivity index (χ1n) is 9.66. The number of aromatic nitrogens is 1. The second kappa shape index (κ2) is 7.16. The number of benzene rings is 1. The molecule has 0 bridgehead atoms. The lowest BCUT2D eigenvalue weighted by Crippen LogP contribution is -2.40. The molecule has 148 valence electrons. The van der Waals surface area contributed by atoms with Crippen molar-refractivity contribution in [1.82, 2.24) is 9.88 Å². The molecule has 7 nitrogen and oxygen atoms in total. The Morgan fingerprint density at radius 3 is 2.86 bits per heavy atom. The van der Waals surface area contributed by atoms with Crippen LogP contribution in [0.2, 0.25) is 0 Å². The predicted molar refractivity (Wildman–Crippen MR) is 114 cm³/mol. The Kier molecular flexibility index (Phi) is 4.68. The van der Waals surface area contributed by atoms with Crippen LogP contribution in [0.4, 0.5) is 11.5 Å². The van der Waals surface area contributed by atoms with Gasteiger partial charge >= 0.3 is 0 Å². The summed E-state index contributed by atoms with van der Waals surface area (Å²) in [5, 5.41) is 16.9. The van der Waals surface area contributed by atoms with Crippen LogP contribution in [0.1, 0.15) is 42.9 Å². The van der Waals surface area contributed by atoms with Gasteiger partial charge in [0.2, 0.25) is 0 Å². The lowest BCUT2D eigenvalue weighted by atomic mass is 9.97. The van der Waals surface area contributed by atoms with Crippen LogP contribution >= 0.6 is 0 Å². The maximum Gasteiger partial charge on any atom is 0.126 e. The van der Waals surface area contributed by atoms with E-state index in [4.69, 9.17) is 17.2 Å². The van der Waals surface area contributed by atoms with Gasteiger partial charge in [-0.05, 0) is 56.5 Å². The molecule has 1 aliphatic carbocycles. The molecule has 1 aromatic carbocycles. The fourth-order valence-corrected chi connectivity index (χ4v) is 4.07. The number of nitrogen functional groups attached to an aromatic ring is 1. The van der Waals surface area contributed by atoms with Gasteiger partial charge in [-0.1, -0.05) is 0 Å². The summed E-state index contributed by atoms with van der Waals surface area (Å²) in [6.07, 6.45) is 11.6. The SMILES string of the molecule is N/C=C\Nc1ccc(/C(N)=C/c2ccn(C3CCNC4(CC4)C3)c2N)c(O)c1. The molecule has 1 aliphatic heterocycles. The van der Waals surface area contributed by atoms with E-state index in [1.807, 2.05) is 24.4 Å². The van der Waals surface area contributed by atoms with Gasteiger partial charge in [-0.3, -0.25) is 0 Å². The number of piperidine rings is 1. The molecule has 7 heteroatoms. The second-order valence-corrected chi connectivity index (χ2v) is 7.75. The van der Waals surface area contributed by atoms with Crippen LogP contribution in [0.3, 0.4) is 0 Å². The molecule has 1 saturated heterocycles. The highest BCUT2D eigenvalue weighted by atomic mass is 16.3. The van der Waals surface area contributed by atoms with Crippen LogP contribution in [0.25, 0.3) is 11.8 Å². The summed E-state index contributed by atoms with van der Waals surface area (Å²) in [4.78, 5) is 0. The highest BCUT2D eigenvalue weighted by Gasteiger charge is 2.46. The fourth-order valence-electron chi connectivity index (χ4n) is 4.07. The van der Waals surface area contributed by atoms with Crippen LogP contribution in [-0.2, 0) is 0 Å². The number of nitrogens with two attached hydrogens (primary N) is 3. The molecule has 9 N–H and O–H groups in total. The van der Waals surface area contributed by atoms with E-state index in [0.29, 0.717) is 22.8 Å². The Bertz CT molecular complexity index is 925. The van der Waals surface area contributed by atoms with E-state index in [2.05, 4.69) is 15.2 Å². The van der Waals surface area contributed by atoms with Crippen molar-refractivity contribution in [3.05, 3.63) is 54.0 Å². The number of hydrogen-bond donors (Lipinski definition) is 6. The van der Waals surface area contributed by atoms with Gasteiger partial charge in [0.05, 0.1) is 0 Å². The van der Waals surface area contributed by atoms with Crippen molar-refractivity contribution < 1.29 is 5.11 Å². The smallest absolute Gasteiger partial charge is 0.126 e. The van der Waals surface area contributed by atoms with Gasteiger partial charge < -0.3 is 37.5 Å². The molecule has 1 saturated carbocycles. The van der Waals surface area contributed by atoms with Crippen LogP contribution in [0.15, 0.2) is 42.9 Å². The molecule has 0 radical (unpaired) electrons. The van der Waals surface area contributed by atoms with Gasteiger partial charge in [-0.2, -0.15) is 0 Å². The number of nitrogens with one attached hydrogen (secondary N) is 2. The molecule has 2 heterocycles. The van der Waals surface area contributed by atoms with E-state index in [1.165, 1.54) is 19.0 Å². The van der Waals surface area contributed by atoms with Gasteiger partial charge in [-0.15, -0.1) is 0 Å². The average molecular weight is 380 g/mol. The third-order valence-electron chi connectivity index (χ3n) is 5.81.